The van der Waals surface area contributed by atoms with Gasteiger partial charge in [-0.3, -0.25) is 4.79 Å². The predicted molar refractivity (Wildman–Crippen MR) is 87.8 cm³/mol. The van der Waals surface area contributed by atoms with E-state index in [1.54, 1.807) is 6.07 Å². The summed E-state index contributed by atoms with van der Waals surface area (Å²) < 4.78 is 11.0. The number of aryl methyl sites for hydroxylation is 1. The third-order valence-corrected chi connectivity index (χ3v) is 3.77. The Balaban J connectivity index is 2.33. The summed E-state index contributed by atoms with van der Waals surface area (Å²) in [4.78, 5) is 23.2. The van der Waals surface area contributed by atoms with Crippen LogP contribution in [0.5, 0.6) is 5.75 Å². The van der Waals surface area contributed by atoms with Crippen molar-refractivity contribution >= 4 is 27.8 Å². The zero-order valence-corrected chi connectivity index (χ0v) is 14.7. The number of esters is 1. The molecule has 0 heterocycles. The Bertz CT molecular complexity index is 515. The zero-order chi connectivity index (χ0) is 16.5. The molecule has 1 N–H and O–H groups in total. The van der Waals surface area contributed by atoms with Crippen LogP contribution in [-0.2, 0) is 14.3 Å². The molecule has 0 aliphatic rings. The van der Waals surface area contributed by atoms with Crippen LogP contribution in [0.1, 0.15) is 32.3 Å². The van der Waals surface area contributed by atoms with Gasteiger partial charge in [-0.1, -0.05) is 19.9 Å². The maximum atomic E-state index is 11.6. The second kappa shape index (κ2) is 9.46. The molecule has 5 nitrogen and oxygen atoms in total. The fourth-order valence-corrected chi connectivity index (χ4v) is 2.42. The smallest absolute Gasteiger partial charge is 0.344 e. The van der Waals surface area contributed by atoms with Crippen molar-refractivity contribution in [2.45, 2.75) is 39.7 Å². The maximum Gasteiger partial charge on any atom is 0.344 e. The van der Waals surface area contributed by atoms with Crippen molar-refractivity contribution in [2.24, 2.45) is 0 Å². The fraction of sp³-hybridized carbons (Fsp3) is 0.500. The topological polar surface area (TPSA) is 64.6 Å². The number of rotatable bonds is 8. The summed E-state index contributed by atoms with van der Waals surface area (Å²) >= 11 is 3.36. The van der Waals surface area contributed by atoms with E-state index in [9.17, 15) is 9.59 Å². The van der Waals surface area contributed by atoms with E-state index >= 15 is 0 Å². The number of ether oxygens (including phenoxy) is 2. The highest BCUT2D eigenvalue weighted by Gasteiger charge is 2.12. The summed E-state index contributed by atoms with van der Waals surface area (Å²) in [6, 6.07) is 5.66. The molecule has 0 unspecified atom stereocenters. The van der Waals surface area contributed by atoms with Crippen LogP contribution in [-0.4, -0.2) is 31.1 Å². The van der Waals surface area contributed by atoms with Gasteiger partial charge in [-0.15, -0.1) is 0 Å². The Hall–Kier alpha value is -1.56. The minimum atomic E-state index is -0.577. The van der Waals surface area contributed by atoms with Gasteiger partial charge in [-0.25, -0.2) is 4.79 Å². The number of carbonyl (C=O) groups is 2. The van der Waals surface area contributed by atoms with E-state index in [4.69, 9.17) is 9.47 Å². The van der Waals surface area contributed by atoms with Crippen LogP contribution in [0.4, 0.5) is 0 Å². The lowest BCUT2D eigenvalue weighted by Gasteiger charge is -2.14. The molecule has 0 saturated heterocycles. The standard InChI is InChI=1S/C16H22BrNO4/c1-4-12(5-2)18-15(19)9-22-16(20)10-21-14-7-6-11(3)8-13(14)17/h6-8,12H,4-5,9-10H2,1-3H3,(H,18,19). The molecule has 0 bridgehead atoms. The number of carbonyl (C=O) groups excluding carboxylic acids is 2. The molecule has 6 heteroatoms. The molecular weight excluding hydrogens is 350 g/mol. The molecule has 122 valence electrons. The largest absolute Gasteiger partial charge is 0.481 e. The highest BCUT2D eigenvalue weighted by Crippen LogP contribution is 2.25. The fourth-order valence-electron chi connectivity index (χ4n) is 1.81. The Morgan fingerprint density at radius 3 is 2.50 bits per heavy atom. The van der Waals surface area contributed by atoms with Crippen molar-refractivity contribution < 1.29 is 19.1 Å². The monoisotopic (exact) mass is 371 g/mol. The molecular formula is C16H22BrNO4. The van der Waals surface area contributed by atoms with Gasteiger partial charge in [-0.05, 0) is 53.4 Å². The number of nitrogens with one attached hydrogen (secondary N) is 1. The summed E-state index contributed by atoms with van der Waals surface area (Å²) in [5.41, 5.74) is 1.08. The quantitative estimate of drug-likeness (QED) is 0.713. The Labute approximate surface area is 139 Å². The summed E-state index contributed by atoms with van der Waals surface area (Å²) in [5.74, 6) is -0.310. The van der Waals surface area contributed by atoms with Crippen molar-refractivity contribution in [1.29, 1.82) is 0 Å². The molecule has 0 aliphatic heterocycles. The number of benzene rings is 1. The molecule has 0 saturated carbocycles. The van der Waals surface area contributed by atoms with E-state index in [2.05, 4.69) is 21.2 Å². The molecule has 0 atom stereocenters. The molecule has 22 heavy (non-hydrogen) atoms. The van der Waals surface area contributed by atoms with E-state index in [1.165, 1.54) is 0 Å². The maximum absolute atomic E-state index is 11.6. The lowest BCUT2D eigenvalue weighted by molar-refractivity contribution is -0.150. The third kappa shape index (κ3) is 6.47. The first-order valence-corrected chi connectivity index (χ1v) is 8.09. The van der Waals surface area contributed by atoms with Crippen molar-refractivity contribution in [3.63, 3.8) is 0 Å². The van der Waals surface area contributed by atoms with Crippen molar-refractivity contribution in [3.05, 3.63) is 28.2 Å². The van der Waals surface area contributed by atoms with Crippen LogP contribution in [0.15, 0.2) is 22.7 Å². The predicted octanol–water partition coefficient (Wildman–Crippen LogP) is 2.98. The first kappa shape index (κ1) is 18.5. The lowest BCUT2D eigenvalue weighted by Crippen LogP contribution is -2.37. The molecule has 0 aliphatic carbocycles. The Morgan fingerprint density at radius 2 is 1.91 bits per heavy atom. The van der Waals surface area contributed by atoms with Gasteiger partial charge in [0.25, 0.3) is 5.91 Å². The van der Waals surface area contributed by atoms with E-state index in [0.717, 1.165) is 22.9 Å². The highest BCUT2D eigenvalue weighted by atomic mass is 79.9. The van der Waals surface area contributed by atoms with E-state index in [1.807, 2.05) is 32.9 Å². The van der Waals surface area contributed by atoms with E-state index in [-0.39, 0.29) is 25.2 Å². The van der Waals surface area contributed by atoms with Crippen LogP contribution in [0.3, 0.4) is 0 Å². The minimum absolute atomic E-state index is 0.117. The number of hydrogen-bond donors (Lipinski definition) is 1. The Kier molecular flexibility index (Phi) is 7.95. The van der Waals surface area contributed by atoms with Gasteiger partial charge in [0.2, 0.25) is 0 Å². The zero-order valence-electron chi connectivity index (χ0n) is 13.1. The van der Waals surface area contributed by atoms with Gasteiger partial charge in [0.05, 0.1) is 4.47 Å². The molecule has 1 aromatic rings. The molecule has 0 spiro atoms. The van der Waals surface area contributed by atoms with Crippen molar-refractivity contribution in [1.82, 2.24) is 5.32 Å². The third-order valence-electron chi connectivity index (χ3n) is 3.15. The highest BCUT2D eigenvalue weighted by molar-refractivity contribution is 9.10. The average molecular weight is 372 g/mol. The molecule has 1 aromatic carbocycles. The second-order valence-corrected chi connectivity index (χ2v) is 5.82. The number of halogens is 1. The van der Waals surface area contributed by atoms with Crippen molar-refractivity contribution in [3.8, 4) is 5.75 Å². The van der Waals surface area contributed by atoms with Gasteiger partial charge >= 0.3 is 5.97 Å². The number of amides is 1. The average Bonchev–Trinajstić information content (AvgIpc) is 2.49. The second-order valence-electron chi connectivity index (χ2n) is 4.96. The number of hydrogen-bond acceptors (Lipinski definition) is 4. The first-order chi connectivity index (χ1) is 10.5. The molecule has 1 rings (SSSR count). The van der Waals surface area contributed by atoms with Crippen LogP contribution >= 0.6 is 15.9 Å². The Morgan fingerprint density at radius 1 is 1.23 bits per heavy atom. The van der Waals surface area contributed by atoms with E-state index < -0.39 is 5.97 Å². The van der Waals surface area contributed by atoms with Crippen LogP contribution in [0, 0.1) is 6.92 Å². The van der Waals surface area contributed by atoms with Crippen LogP contribution in [0.25, 0.3) is 0 Å². The summed E-state index contributed by atoms with van der Waals surface area (Å²) in [6.45, 7) is 5.43. The van der Waals surface area contributed by atoms with Crippen LogP contribution < -0.4 is 10.1 Å². The normalized spacial score (nSPS) is 10.4. The first-order valence-electron chi connectivity index (χ1n) is 7.30. The summed E-state index contributed by atoms with van der Waals surface area (Å²) in [6.07, 6.45) is 1.70. The molecule has 1 amide bonds. The lowest BCUT2D eigenvalue weighted by atomic mass is 10.2. The van der Waals surface area contributed by atoms with Gasteiger partial charge in [0.1, 0.15) is 5.75 Å². The van der Waals surface area contributed by atoms with Crippen LogP contribution in [0.2, 0.25) is 0 Å². The van der Waals surface area contributed by atoms with Gasteiger partial charge in [0.15, 0.2) is 13.2 Å². The van der Waals surface area contributed by atoms with Gasteiger partial charge in [-0.2, -0.15) is 0 Å². The van der Waals surface area contributed by atoms with Crippen molar-refractivity contribution in [2.75, 3.05) is 13.2 Å². The summed E-state index contributed by atoms with van der Waals surface area (Å²) in [5, 5.41) is 2.80. The van der Waals surface area contributed by atoms with Gasteiger partial charge in [0, 0.05) is 6.04 Å². The molecule has 0 fully saturated rings. The SMILES string of the molecule is CCC(CC)NC(=O)COC(=O)COc1ccc(C)cc1Br. The minimum Gasteiger partial charge on any atom is -0.481 e. The summed E-state index contributed by atoms with van der Waals surface area (Å²) in [7, 11) is 0. The van der Waals surface area contributed by atoms with Gasteiger partial charge < -0.3 is 14.8 Å². The molecule has 0 radical (unpaired) electrons. The van der Waals surface area contributed by atoms with E-state index in [0.29, 0.717) is 5.75 Å². The molecule has 0 aromatic heterocycles.